The molecule has 18 heavy (non-hydrogen) atoms. The van der Waals surface area contributed by atoms with Crippen LogP contribution in [-0.4, -0.2) is 26.9 Å². The molecule has 0 aliphatic carbocycles. The van der Waals surface area contributed by atoms with Gasteiger partial charge in [-0.15, -0.1) is 11.6 Å². The SMILES string of the molecule is CCOCCCOc1c(Cl)cc(CCl)cc1OC. The Labute approximate surface area is 118 Å². The average Bonchev–Trinajstić information content (AvgIpc) is 2.39. The van der Waals surface area contributed by atoms with E-state index < -0.39 is 0 Å². The van der Waals surface area contributed by atoms with Crippen LogP contribution in [0.25, 0.3) is 0 Å². The van der Waals surface area contributed by atoms with Gasteiger partial charge < -0.3 is 14.2 Å². The Kier molecular flexibility index (Phi) is 7.25. The Morgan fingerprint density at radius 1 is 1.22 bits per heavy atom. The van der Waals surface area contributed by atoms with Gasteiger partial charge in [0.1, 0.15) is 0 Å². The quantitative estimate of drug-likeness (QED) is 0.537. The molecule has 0 aliphatic rings. The van der Waals surface area contributed by atoms with Crippen molar-refractivity contribution >= 4 is 23.2 Å². The van der Waals surface area contributed by atoms with Gasteiger partial charge in [0.15, 0.2) is 11.5 Å². The van der Waals surface area contributed by atoms with Crippen LogP contribution in [0.3, 0.4) is 0 Å². The predicted molar refractivity (Wildman–Crippen MR) is 74.2 cm³/mol. The van der Waals surface area contributed by atoms with E-state index in [0.717, 1.165) is 12.0 Å². The zero-order valence-electron chi connectivity index (χ0n) is 10.7. The van der Waals surface area contributed by atoms with E-state index in [2.05, 4.69) is 0 Å². The fourth-order valence-electron chi connectivity index (χ4n) is 1.47. The number of halogens is 2. The first-order valence-electron chi connectivity index (χ1n) is 5.85. The second-order valence-electron chi connectivity index (χ2n) is 3.64. The highest BCUT2D eigenvalue weighted by atomic mass is 35.5. The number of hydrogen-bond acceptors (Lipinski definition) is 3. The minimum Gasteiger partial charge on any atom is -0.493 e. The highest BCUT2D eigenvalue weighted by Gasteiger charge is 2.11. The number of rotatable bonds is 8. The van der Waals surface area contributed by atoms with Crippen molar-refractivity contribution in [1.82, 2.24) is 0 Å². The molecule has 0 spiro atoms. The van der Waals surface area contributed by atoms with Crippen LogP contribution in [-0.2, 0) is 10.6 Å². The Bertz CT molecular complexity index is 369. The van der Waals surface area contributed by atoms with Crippen molar-refractivity contribution in [1.29, 1.82) is 0 Å². The second kappa shape index (κ2) is 8.46. The Morgan fingerprint density at radius 3 is 2.61 bits per heavy atom. The van der Waals surface area contributed by atoms with Crippen LogP contribution < -0.4 is 9.47 Å². The average molecular weight is 293 g/mol. The molecule has 5 heteroatoms. The lowest BCUT2D eigenvalue weighted by molar-refractivity contribution is 0.130. The maximum absolute atomic E-state index is 6.14. The van der Waals surface area contributed by atoms with Gasteiger partial charge in [0.2, 0.25) is 0 Å². The molecule has 1 aromatic carbocycles. The first-order chi connectivity index (χ1) is 8.72. The zero-order valence-corrected chi connectivity index (χ0v) is 12.2. The van der Waals surface area contributed by atoms with Gasteiger partial charge in [0.05, 0.1) is 18.7 Å². The van der Waals surface area contributed by atoms with E-state index in [1.807, 2.05) is 13.0 Å². The van der Waals surface area contributed by atoms with Crippen molar-refractivity contribution in [2.45, 2.75) is 19.2 Å². The summed E-state index contributed by atoms with van der Waals surface area (Å²) in [4.78, 5) is 0. The Balaban J connectivity index is 2.63. The number of benzene rings is 1. The monoisotopic (exact) mass is 292 g/mol. The molecule has 0 aliphatic heterocycles. The van der Waals surface area contributed by atoms with Gasteiger partial charge in [-0.1, -0.05) is 11.6 Å². The smallest absolute Gasteiger partial charge is 0.179 e. The van der Waals surface area contributed by atoms with E-state index in [4.69, 9.17) is 37.4 Å². The molecule has 0 atom stereocenters. The fraction of sp³-hybridized carbons (Fsp3) is 0.538. The second-order valence-corrected chi connectivity index (χ2v) is 4.32. The molecular formula is C13H18Cl2O3. The summed E-state index contributed by atoms with van der Waals surface area (Å²) in [5, 5.41) is 0.515. The van der Waals surface area contributed by atoms with Crippen molar-refractivity contribution in [3.8, 4) is 11.5 Å². The highest BCUT2D eigenvalue weighted by molar-refractivity contribution is 6.32. The van der Waals surface area contributed by atoms with Gasteiger partial charge in [0, 0.05) is 25.5 Å². The van der Waals surface area contributed by atoms with Crippen LogP contribution in [0.1, 0.15) is 18.9 Å². The minimum absolute atomic E-state index is 0.390. The molecule has 0 amide bonds. The Hall–Kier alpha value is -0.640. The van der Waals surface area contributed by atoms with Crippen molar-refractivity contribution in [3.63, 3.8) is 0 Å². The van der Waals surface area contributed by atoms with Crippen LogP contribution in [0.4, 0.5) is 0 Å². The molecule has 0 unspecified atom stereocenters. The van der Waals surface area contributed by atoms with Gasteiger partial charge >= 0.3 is 0 Å². The number of methoxy groups -OCH3 is 1. The van der Waals surface area contributed by atoms with Gasteiger partial charge in [0.25, 0.3) is 0 Å². The third kappa shape index (κ3) is 4.56. The summed E-state index contributed by atoms with van der Waals surface area (Å²) in [6.07, 6.45) is 0.810. The number of hydrogen-bond donors (Lipinski definition) is 0. The molecule has 1 aromatic rings. The first kappa shape index (κ1) is 15.4. The molecule has 0 heterocycles. The maximum Gasteiger partial charge on any atom is 0.179 e. The highest BCUT2D eigenvalue weighted by Crippen LogP contribution is 2.36. The maximum atomic E-state index is 6.14. The predicted octanol–water partition coefficient (Wildman–Crippen LogP) is 3.89. The molecular weight excluding hydrogens is 275 g/mol. The van der Waals surface area contributed by atoms with Crippen LogP contribution in [0, 0.1) is 0 Å². The molecule has 3 nitrogen and oxygen atoms in total. The summed E-state index contributed by atoms with van der Waals surface area (Å²) in [7, 11) is 1.58. The summed E-state index contributed by atoms with van der Waals surface area (Å²) in [5.41, 5.74) is 0.903. The topological polar surface area (TPSA) is 27.7 Å². The third-order valence-electron chi connectivity index (χ3n) is 2.33. The molecule has 0 saturated heterocycles. The molecule has 102 valence electrons. The summed E-state index contributed by atoms with van der Waals surface area (Å²) >= 11 is 11.9. The summed E-state index contributed by atoms with van der Waals surface area (Å²) in [6.45, 7) is 3.90. The van der Waals surface area contributed by atoms with E-state index in [1.54, 1.807) is 13.2 Å². The van der Waals surface area contributed by atoms with Gasteiger partial charge in [-0.2, -0.15) is 0 Å². The molecule has 0 radical (unpaired) electrons. The van der Waals surface area contributed by atoms with E-state index >= 15 is 0 Å². The van der Waals surface area contributed by atoms with Crippen molar-refractivity contribution in [2.24, 2.45) is 0 Å². The van der Waals surface area contributed by atoms with E-state index in [-0.39, 0.29) is 0 Å². The lowest BCUT2D eigenvalue weighted by atomic mass is 10.2. The first-order valence-corrected chi connectivity index (χ1v) is 6.77. The van der Waals surface area contributed by atoms with E-state index in [0.29, 0.717) is 42.2 Å². The van der Waals surface area contributed by atoms with Crippen LogP contribution in [0.5, 0.6) is 11.5 Å². The number of alkyl halides is 1. The molecule has 0 bridgehead atoms. The fourth-order valence-corrected chi connectivity index (χ4v) is 1.91. The zero-order chi connectivity index (χ0) is 13.4. The molecule has 0 aromatic heterocycles. The molecule has 0 N–H and O–H groups in total. The summed E-state index contributed by atoms with van der Waals surface area (Å²) < 4.78 is 16.1. The minimum atomic E-state index is 0.390. The van der Waals surface area contributed by atoms with Crippen molar-refractivity contribution in [3.05, 3.63) is 22.7 Å². The van der Waals surface area contributed by atoms with Gasteiger partial charge in [-0.3, -0.25) is 0 Å². The lowest BCUT2D eigenvalue weighted by Crippen LogP contribution is -2.04. The van der Waals surface area contributed by atoms with Gasteiger partial charge in [-0.25, -0.2) is 0 Å². The third-order valence-corrected chi connectivity index (χ3v) is 2.92. The summed E-state index contributed by atoms with van der Waals surface area (Å²) in [5.74, 6) is 1.56. The molecule has 0 saturated carbocycles. The van der Waals surface area contributed by atoms with E-state index in [9.17, 15) is 0 Å². The largest absolute Gasteiger partial charge is 0.493 e. The van der Waals surface area contributed by atoms with Crippen LogP contribution in [0.15, 0.2) is 12.1 Å². The molecule has 0 fully saturated rings. The van der Waals surface area contributed by atoms with Crippen molar-refractivity contribution < 1.29 is 14.2 Å². The Morgan fingerprint density at radius 2 is 2.00 bits per heavy atom. The summed E-state index contributed by atoms with van der Waals surface area (Å²) in [6, 6.07) is 3.62. The standard InChI is InChI=1S/C13H18Cl2O3/c1-3-17-5-4-6-18-13-11(15)7-10(9-14)8-12(13)16-2/h7-8H,3-6,9H2,1-2H3. The van der Waals surface area contributed by atoms with E-state index in [1.165, 1.54) is 0 Å². The normalized spacial score (nSPS) is 10.4. The van der Waals surface area contributed by atoms with Crippen molar-refractivity contribution in [2.75, 3.05) is 26.9 Å². The molecule has 1 rings (SSSR count). The number of ether oxygens (including phenoxy) is 3. The lowest BCUT2D eigenvalue weighted by Gasteiger charge is -2.13. The van der Waals surface area contributed by atoms with Gasteiger partial charge in [-0.05, 0) is 24.6 Å². The van der Waals surface area contributed by atoms with Crippen LogP contribution >= 0.6 is 23.2 Å². The van der Waals surface area contributed by atoms with Crippen LogP contribution in [0.2, 0.25) is 5.02 Å².